The predicted octanol–water partition coefficient (Wildman–Crippen LogP) is 4.66. The van der Waals surface area contributed by atoms with Gasteiger partial charge in [0.2, 0.25) is 0 Å². The molecule has 1 N–H and O–H groups in total. The number of rotatable bonds is 9. The summed E-state index contributed by atoms with van der Waals surface area (Å²) in [5.41, 5.74) is 1.29. The Balaban J connectivity index is 1.17. The molecule has 2 aliphatic heterocycles. The van der Waals surface area contributed by atoms with E-state index in [0.717, 1.165) is 50.8 Å². The van der Waals surface area contributed by atoms with E-state index in [2.05, 4.69) is 25.1 Å². The molecule has 39 heavy (non-hydrogen) atoms. The summed E-state index contributed by atoms with van der Waals surface area (Å²) in [6, 6.07) is 8.52. The standard InChI is InChI=1S/C28H33ClFN5O4/c1-18-15-35(16-27(36)39-18)20-6-9-34(10-7-20)8-3-11-38-26-13-21-24(14-25(26)37-2)31-17-32-28(21)33-19-4-5-23(30)22(29)12-19/h4-5,12-14,17-18,20H,3,6-11,15-16H2,1-2H3,(H,31,32,33). The maximum absolute atomic E-state index is 13.6. The number of hydrogen-bond acceptors (Lipinski definition) is 9. The van der Waals surface area contributed by atoms with E-state index >= 15 is 0 Å². The molecule has 0 aliphatic carbocycles. The van der Waals surface area contributed by atoms with Crippen LogP contribution in [0.4, 0.5) is 15.9 Å². The quantitative estimate of drug-likeness (QED) is 0.298. The van der Waals surface area contributed by atoms with Crippen molar-refractivity contribution in [1.29, 1.82) is 0 Å². The number of aromatic nitrogens is 2. The number of benzene rings is 2. The molecule has 0 radical (unpaired) electrons. The number of carbonyl (C=O) groups excluding carboxylic acids is 1. The van der Waals surface area contributed by atoms with Crippen molar-refractivity contribution in [2.45, 2.75) is 38.3 Å². The van der Waals surface area contributed by atoms with E-state index in [9.17, 15) is 9.18 Å². The second-order valence-corrected chi connectivity index (χ2v) is 10.4. The van der Waals surface area contributed by atoms with Crippen LogP contribution < -0.4 is 14.8 Å². The van der Waals surface area contributed by atoms with Gasteiger partial charge >= 0.3 is 5.97 Å². The minimum absolute atomic E-state index is 0.0269. The molecule has 1 aromatic heterocycles. The summed E-state index contributed by atoms with van der Waals surface area (Å²) in [6.07, 6.45) is 4.39. The van der Waals surface area contributed by atoms with Crippen LogP contribution in [-0.2, 0) is 9.53 Å². The number of morpholine rings is 1. The third kappa shape index (κ3) is 6.69. The van der Waals surface area contributed by atoms with Crippen molar-refractivity contribution in [2.24, 2.45) is 0 Å². The first-order valence-corrected chi connectivity index (χ1v) is 13.6. The molecule has 0 saturated carbocycles. The largest absolute Gasteiger partial charge is 0.493 e. The molecule has 2 fully saturated rings. The molecule has 1 atom stereocenters. The van der Waals surface area contributed by atoms with Gasteiger partial charge in [-0.05, 0) is 63.5 Å². The van der Waals surface area contributed by atoms with E-state index in [-0.39, 0.29) is 17.1 Å². The Hall–Kier alpha value is -3.21. The van der Waals surface area contributed by atoms with Gasteiger partial charge in [0, 0.05) is 36.3 Å². The number of cyclic esters (lactones) is 1. The summed E-state index contributed by atoms with van der Waals surface area (Å²) >= 11 is 5.94. The van der Waals surface area contributed by atoms with Crippen molar-refractivity contribution in [3.8, 4) is 11.5 Å². The minimum Gasteiger partial charge on any atom is -0.493 e. The van der Waals surface area contributed by atoms with Crippen LogP contribution in [0.3, 0.4) is 0 Å². The van der Waals surface area contributed by atoms with Crippen LogP contribution in [0.1, 0.15) is 26.2 Å². The molecule has 1 unspecified atom stereocenters. The normalized spacial score (nSPS) is 19.2. The van der Waals surface area contributed by atoms with Crippen LogP contribution in [0.5, 0.6) is 11.5 Å². The number of likely N-dealkylation sites (tertiary alicyclic amines) is 1. The zero-order valence-corrected chi connectivity index (χ0v) is 22.9. The van der Waals surface area contributed by atoms with E-state index in [1.807, 2.05) is 19.1 Å². The Morgan fingerprint density at radius 3 is 2.74 bits per heavy atom. The first-order chi connectivity index (χ1) is 18.9. The fourth-order valence-corrected chi connectivity index (χ4v) is 5.44. The Kier molecular flexibility index (Phi) is 8.64. The van der Waals surface area contributed by atoms with E-state index in [0.29, 0.717) is 47.7 Å². The number of fused-ring (bicyclic) bond motifs is 1. The monoisotopic (exact) mass is 557 g/mol. The number of nitrogens with one attached hydrogen (secondary N) is 1. The number of esters is 1. The summed E-state index contributed by atoms with van der Waals surface area (Å²) in [5, 5.41) is 3.96. The second kappa shape index (κ2) is 12.3. The van der Waals surface area contributed by atoms with Crippen molar-refractivity contribution in [2.75, 3.05) is 51.8 Å². The van der Waals surface area contributed by atoms with Crippen molar-refractivity contribution < 1.29 is 23.4 Å². The third-order valence-corrected chi connectivity index (χ3v) is 7.50. The molecule has 3 aromatic rings. The lowest BCUT2D eigenvalue weighted by atomic mass is 10.0. The van der Waals surface area contributed by atoms with Gasteiger partial charge < -0.3 is 24.4 Å². The Labute approximate surface area is 232 Å². The van der Waals surface area contributed by atoms with Gasteiger partial charge in [-0.25, -0.2) is 14.4 Å². The van der Waals surface area contributed by atoms with Gasteiger partial charge in [-0.1, -0.05) is 11.6 Å². The molecular formula is C28H33ClFN5O4. The molecule has 2 saturated heterocycles. The average molecular weight is 558 g/mol. The zero-order chi connectivity index (χ0) is 27.4. The number of halogens is 2. The highest BCUT2D eigenvalue weighted by Crippen LogP contribution is 2.35. The number of carbonyl (C=O) groups is 1. The first-order valence-electron chi connectivity index (χ1n) is 13.2. The van der Waals surface area contributed by atoms with Gasteiger partial charge in [0.15, 0.2) is 11.5 Å². The van der Waals surface area contributed by atoms with Crippen LogP contribution >= 0.6 is 11.6 Å². The van der Waals surface area contributed by atoms with E-state index < -0.39 is 5.82 Å². The summed E-state index contributed by atoms with van der Waals surface area (Å²) in [5.74, 6) is 1.14. The summed E-state index contributed by atoms with van der Waals surface area (Å²) in [7, 11) is 1.60. The number of piperidine rings is 1. The second-order valence-electron chi connectivity index (χ2n) is 10.0. The van der Waals surface area contributed by atoms with E-state index in [1.165, 1.54) is 18.5 Å². The number of methoxy groups -OCH3 is 1. The number of ether oxygens (including phenoxy) is 3. The fraction of sp³-hybridized carbons (Fsp3) is 0.464. The molecule has 9 nitrogen and oxygen atoms in total. The van der Waals surface area contributed by atoms with Crippen molar-refractivity contribution in [1.82, 2.24) is 19.8 Å². The number of anilines is 2. The molecule has 3 heterocycles. The Morgan fingerprint density at radius 2 is 2.00 bits per heavy atom. The molecule has 2 aromatic carbocycles. The van der Waals surface area contributed by atoms with Crippen LogP contribution in [0, 0.1) is 5.82 Å². The summed E-state index contributed by atoms with van der Waals surface area (Å²) < 4.78 is 30.5. The van der Waals surface area contributed by atoms with Crippen LogP contribution in [0.15, 0.2) is 36.7 Å². The van der Waals surface area contributed by atoms with Crippen molar-refractivity contribution >= 4 is 40.0 Å². The lowest BCUT2D eigenvalue weighted by Crippen LogP contribution is -2.52. The van der Waals surface area contributed by atoms with Gasteiger partial charge in [0.25, 0.3) is 0 Å². The minimum atomic E-state index is -0.484. The first kappa shape index (κ1) is 27.4. The van der Waals surface area contributed by atoms with E-state index in [4.69, 9.17) is 25.8 Å². The number of nitrogens with zero attached hydrogens (tertiary/aromatic N) is 4. The Bertz CT molecular complexity index is 1320. The molecule has 5 rings (SSSR count). The summed E-state index contributed by atoms with van der Waals surface area (Å²) in [4.78, 5) is 25.3. The van der Waals surface area contributed by atoms with Gasteiger partial charge in [0.05, 0.1) is 30.8 Å². The maximum Gasteiger partial charge on any atom is 0.320 e. The van der Waals surface area contributed by atoms with Gasteiger partial charge in [-0.15, -0.1) is 0 Å². The van der Waals surface area contributed by atoms with Crippen LogP contribution in [0.2, 0.25) is 5.02 Å². The lowest BCUT2D eigenvalue weighted by Gasteiger charge is -2.41. The molecule has 208 valence electrons. The van der Waals surface area contributed by atoms with Crippen molar-refractivity contribution in [3.05, 3.63) is 47.5 Å². The molecule has 0 spiro atoms. The highest BCUT2D eigenvalue weighted by Gasteiger charge is 2.31. The third-order valence-electron chi connectivity index (χ3n) is 7.21. The summed E-state index contributed by atoms with van der Waals surface area (Å²) in [6.45, 7) is 6.64. The smallest absolute Gasteiger partial charge is 0.320 e. The van der Waals surface area contributed by atoms with Gasteiger partial charge in [-0.3, -0.25) is 9.69 Å². The van der Waals surface area contributed by atoms with Gasteiger partial charge in [0.1, 0.15) is 24.1 Å². The highest BCUT2D eigenvalue weighted by molar-refractivity contribution is 6.31. The van der Waals surface area contributed by atoms with Crippen molar-refractivity contribution in [3.63, 3.8) is 0 Å². The lowest BCUT2D eigenvalue weighted by molar-refractivity contribution is -0.159. The average Bonchev–Trinajstić information content (AvgIpc) is 2.93. The molecule has 2 aliphatic rings. The van der Waals surface area contributed by atoms with Crippen LogP contribution in [0.25, 0.3) is 10.9 Å². The molecule has 11 heteroatoms. The van der Waals surface area contributed by atoms with E-state index in [1.54, 1.807) is 13.2 Å². The van der Waals surface area contributed by atoms with Gasteiger partial charge in [-0.2, -0.15) is 0 Å². The predicted molar refractivity (Wildman–Crippen MR) is 147 cm³/mol. The highest BCUT2D eigenvalue weighted by atomic mass is 35.5. The number of hydrogen-bond donors (Lipinski definition) is 1. The zero-order valence-electron chi connectivity index (χ0n) is 22.2. The maximum atomic E-state index is 13.6. The molecule has 0 amide bonds. The Morgan fingerprint density at radius 1 is 1.18 bits per heavy atom. The SMILES string of the molecule is COc1cc2ncnc(Nc3ccc(F)c(Cl)c3)c2cc1OCCCN1CCC(N2CC(=O)OC(C)C2)CC1. The topological polar surface area (TPSA) is 89.1 Å². The molecular weight excluding hydrogens is 525 g/mol. The van der Waals surface area contributed by atoms with Crippen LogP contribution in [-0.4, -0.2) is 84.3 Å². The fourth-order valence-electron chi connectivity index (χ4n) is 5.26. The molecule has 0 bridgehead atoms.